The summed E-state index contributed by atoms with van der Waals surface area (Å²) in [5.74, 6) is 0. The third-order valence-electron chi connectivity index (χ3n) is 1.39. The summed E-state index contributed by atoms with van der Waals surface area (Å²) in [6.07, 6.45) is 5.33. The average molecular weight is 250 g/mol. The molecular formula is C8H19OSn. The van der Waals surface area contributed by atoms with Crippen LogP contribution in [0.15, 0.2) is 0 Å². The molecule has 10 heavy (non-hydrogen) atoms. The van der Waals surface area contributed by atoms with Crippen molar-refractivity contribution in [3.8, 4) is 0 Å². The molecule has 0 N–H and O–H groups in total. The zero-order valence-electron chi connectivity index (χ0n) is 7.44. The van der Waals surface area contributed by atoms with Crippen LogP contribution in [0.5, 0.6) is 0 Å². The van der Waals surface area contributed by atoms with Crippen LogP contribution in [0.3, 0.4) is 0 Å². The molecule has 0 aliphatic rings. The van der Waals surface area contributed by atoms with E-state index in [-0.39, 0.29) is 0 Å². The molecule has 0 aliphatic heterocycles. The van der Waals surface area contributed by atoms with Crippen molar-refractivity contribution in [3.63, 3.8) is 0 Å². The van der Waals surface area contributed by atoms with Crippen molar-refractivity contribution in [1.29, 1.82) is 0 Å². The normalized spacial score (nSPS) is 10.8. The Bertz CT molecular complexity index is 64.3. The fourth-order valence-corrected chi connectivity index (χ4v) is 2.38. The van der Waals surface area contributed by atoms with Gasteiger partial charge in [0.2, 0.25) is 0 Å². The first-order valence-corrected chi connectivity index (χ1v) is 11.1. The standard InChI is InChI=1S/C6H13O.2CH3.Sn/c1-2-3-4-5-6-7;;;/h2-6H2,1H3;2*1H3;/q-1;;;+1. The Labute approximate surface area is 72.4 Å². The second kappa shape index (κ2) is 7.86. The molecule has 0 bridgehead atoms. The summed E-state index contributed by atoms with van der Waals surface area (Å²) in [6, 6.07) is 0. The minimum atomic E-state index is -1.19. The van der Waals surface area contributed by atoms with Gasteiger partial charge in [0.05, 0.1) is 0 Å². The molecule has 0 heterocycles. The molecule has 0 aliphatic carbocycles. The molecule has 0 unspecified atom stereocenters. The monoisotopic (exact) mass is 251 g/mol. The quantitative estimate of drug-likeness (QED) is 0.520. The molecule has 0 saturated heterocycles. The van der Waals surface area contributed by atoms with Gasteiger partial charge in [-0.25, -0.2) is 0 Å². The first-order chi connectivity index (χ1) is 4.77. The van der Waals surface area contributed by atoms with Gasteiger partial charge in [-0.1, -0.05) is 0 Å². The first-order valence-electron chi connectivity index (χ1n) is 4.20. The number of unbranched alkanes of at least 4 members (excludes halogenated alkanes) is 3. The SMILES string of the molecule is CCCCCC[O][Sn]([CH3])[CH3]. The van der Waals surface area contributed by atoms with E-state index >= 15 is 0 Å². The zero-order chi connectivity index (χ0) is 7.82. The van der Waals surface area contributed by atoms with E-state index in [1.807, 2.05) is 0 Å². The van der Waals surface area contributed by atoms with Gasteiger partial charge in [-0.3, -0.25) is 0 Å². The van der Waals surface area contributed by atoms with Crippen molar-refractivity contribution in [2.45, 2.75) is 42.5 Å². The predicted octanol–water partition coefficient (Wildman–Crippen LogP) is 2.83. The number of hydrogen-bond donors (Lipinski definition) is 0. The van der Waals surface area contributed by atoms with Gasteiger partial charge in [-0.2, -0.15) is 0 Å². The van der Waals surface area contributed by atoms with E-state index in [9.17, 15) is 0 Å². The predicted molar refractivity (Wildman–Crippen MR) is 47.6 cm³/mol. The van der Waals surface area contributed by atoms with Crippen molar-refractivity contribution in [3.05, 3.63) is 0 Å². The molecule has 2 heteroatoms. The topological polar surface area (TPSA) is 9.23 Å². The molecule has 0 fully saturated rings. The summed E-state index contributed by atoms with van der Waals surface area (Å²) >= 11 is -1.19. The van der Waals surface area contributed by atoms with Gasteiger partial charge in [0.15, 0.2) is 0 Å². The van der Waals surface area contributed by atoms with E-state index in [2.05, 4.69) is 16.8 Å². The van der Waals surface area contributed by atoms with Crippen molar-refractivity contribution in [2.24, 2.45) is 0 Å². The van der Waals surface area contributed by atoms with Crippen LogP contribution in [-0.4, -0.2) is 26.8 Å². The Morgan fingerprint density at radius 3 is 2.30 bits per heavy atom. The summed E-state index contributed by atoms with van der Waals surface area (Å²) < 4.78 is 5.59. The molecule has 0 rings (SSSR count). The fraction of sp³-hybridized carbons (Fsp3) is 1.00. The second-order valence-corrected chi connectivity index (χ2v) is 8.83. The van der Waals surface area contributed by atoms with Crippen LogP contribution in [0, 0.1) is 0 Å². The van der Waals surface area contributed by atoms with Gasteiger partial charge in [0, 0.05) is 0 Å². The Morgan fingerprint density at radius 1 is 1.10 bits per heavy atom. The zero-order valence-corrected chi connectivity index (χ0v) is 10.3. The average Bonchev–Trinajstić information content (AvgIpc) is 1.87. The van der Waals surface area contributed by atoms with Crippen LogP contribution in [0.25, 0.3) is 0 Å². The maximum atomic E-state index is 5.59. The molecule has 0 saturated carbocycles. The van der Waals surface area contributed by atoms with E-state index in [0.717, 1.165) is 6.61 Å². The third-order valence-corrected chi connectivity index (χ3v) is 3.62. The van der Waals surface area contributed by atoms with E-state index in [4.69, 9.17) is 3.07 Å². The number of rotatable bonds is 6. The van der Waals surface area contributed by atoms with Gasteiger partial charge in [-0.15, -0.1) is 0 Å². The third kappa shape index (κ3) is 8.76. The van der Waals surface area contributed by atoms with Crippen LogP contribution in [0.4, 0.5) is 0 Å². The Kier molecular flexibility index (Phi) is 8.46. The van der Waals surface area contributed by atoms with Gasteiger partial charge < -0.3 is 0 Å². The molecule has 0 aromatic heterocycles. The van der Waals surface area contributed by atoms with Crippen LogP contribution in [-0.2, 0) is 3.07 Å². The van der Waals surface area contributed by atoms with Crippen molar-refractivity contribution < 1.29 is 3.07 Å². The fourth-order valence-electron chi connectivity index (χ4n) is 0.805. The van der Waals surface area contributed by atoms with Gasteiger partial charge >= 0.3 is 72.3 Å². The molecule has 1 radical (unpaired) electrons. The maximum absolute atomic E-state index is 5.59. The summed E-state index contributed by atoms with van der Waals surface area (Å²) in [5.41, 5.74) is 0. The second-order valence-electron chi connectivity index (χ2n) is 2.82. The van der Waals surface area contributed by atoms with Gasteiger partial charge in [0.1, 0.15) is 0 Å². The summed E-state index contributed by atoms with van der Waals surface area (Å²) in [6.45, 7) is 3.27. The van der Waals surface area contributed by atoms with E-state index in [1.165, 1.54) is 25.7 Å². The van der Waals surface area contributed by atoms with Crippen molar-refractivity contribution in [1.82, 2.24) is 0 Å². The minimum absolute atomic E-state index is 1.03. The van der Waals surface area contributed by atoms with E-state index < -0.39 is 20.2 Å². The first kappa shape index (κ1) is 10.8. The summed E-state index contributed by atoms with van der Waals surface area (Å²) in [7, 11) is 0. The summed E-state index contributed by atoms with van der Waals surface area (Å²) in [4.78, 5) is 4.56. The van der Waals surface area contributed by atoms with Gasteiger partial charge in [-0.05, 0) is 0 Å². The Morgan fingerprint density at radius 2 is 1.80 bits per heavy atom. The van der Waals surface area contributed by atoms with Crippen LogP contribution >= 0.6 is 0 Å². The van der Waals surface area contributed by atoms with Crippen molar-refractivity contribution >= 4 is 20.2 Å². The molecule has 0 atom stereocenters. The van der Waals surface area contributed by atoms with E-state index in [1.54, 1.807) is 0 Å². The van der Waals surface area contributed by atoms with Crippen LogP contribution in [0.2, 0.25) is 9.88 Å². The Balaban J connectivity index is 2.77. The molecule has 0 aromatic rings. The molecule has 1 nitrogen and oxygen atoms in total. The van der Waals surface area contributed by atoms with Crippen LogP contribution in [0.1, 0.15) is 32.6 Å². The van der Waals surface area contributed by atoms with Crippen LogP contribution < -0.4 is 0 Å². The molecular weight excluding hydrogens is 231 g/mol. The number of hydrogen-bond acceptors (Lipinski definition) is 1. The molecule has 61 valence electrons. The Hall–Kier alpha value is 0.759. The summed E-state index contributed by atoms with van der Waals surface area (Å²) in [5, 5.41) is 0. The van der Waals surface area contributed by atoms with Crippen molar-refractivity contribution in [2.75, 3.05) is 6.61 Å². The molecule has 0 amide bonds. The van der Waals surface area contributed by atoms with E-state index in [0.29, 0.717) is 0 Å². The molecule has 0 spiro atoms. The van der Waals surface area contributed by atoms with Gasteiger partial charge in [0.25, 0.3) is 0 Å². The molecule has 0 aromatic carbocycles.